The van der Waals surface area contributed by atoms with Crippen molar-refractivity contribution in [1.29, 1.82) is 0 Å². The molecule has 1 heterocycles. The summed E-state index contributed by atoms with van der Waals surface area (Å²) >= 11 is 0. The maximum atomic E-state index is 11.6. The fourth-order valence-electron chi connectivity index (χ4n) is 1.54. The van der Waals surface area contributed by atoms with Crippen LogP contribution in [0.4, 0.5) is 0 Å². The molecule has 0 aromatic carbocycles. The monoisotopic (exact) mass is 280 g/mol. The van der Waals surface area contributed by atoms with Crippen molar-refractivity contribution in [3.63, 3.8) is 0 Å². The van der Waals surface area contributed by atoms with Crippen molar-refractivity contribution in [3.05, 3.63) is 0 Å². The van der Waals surface area contributed by atoms with E-state index in [9.17, 15) is 15.0 Å². The summed E-state index contributed by atoms with van der Waals surface area (Å²) in [6, 6.07) is 0. The van der Waals surface area contributed by atoms with E-state index >= 15 is 0 Å². The summed E-state index contributed by atoms with van der Waals surface area (Å²) in [5.74, 6) is -0.967. The summed E-state index contributed by atoms with van der Waals surface area (Å²) in [4.78, 5) is 11.6. The Hall–Kier alpha value is -0.100. The van der Waals surface area contributed by atoms with Gasteiger partial charge in [0.1, 0.15) is 18.3 Å². The number of aliphatic hydroxyl groups excluding tert-OH is 2. The number of Topliss-reactive ketones (excluding diaryl/α,β-unsaturated/α-hetero) is 1. The molecule has 1 aliphatic rings. The molecule has 1 fully saturated rings. The van der Waals surface area contributed by atoms with Gasteiger partial charge in [-0.2, -0.15) is 0 Å². The molecule has 0 saturated carbocycles. The molecule has 0 spiro atoms. The van der Waals surface area contributed by atoms with E-state index in [1.165, 1.54) is 0 Å². The van der Waals surface area contributed by atoms with E-state index in [2.05, 4.69) is 9.24 Å². The minimum absolute atomic E-state index is 0.0319. The molecule has 18 heavy (non-hydrogen) atoms. The summed E-state index contributed by atoms with van der Waals surface area (Å²) in [5.41, 5.74) is 0. The first kappa shape index (κ1) is 16.0. The molecule has 0 bridgehead atoms. The van der Waals surface area contributed by atoms with Crippen LogP contribution >= 0.6 is 9.24 Å². The highest BCUT2D eigenvalue weighted by atomic mass is 31.0. The molecular weight excluding hydrogens is 259 g/mol. The lowest BCUT2D eigenvalue weighted by Crippen LogP contribution is -2.57. The molecule has 0 radical (unpaired) electrons. The molecule has 0 amide bonds. The van der Waals surface area contributed by atoms with E-state index in [1.54, 1.807) is 6.92 Å². The molecule has 106 valence electrons. The second-order valence-electron chi connectivity index (χ2n) is 4.57. The molecule has 1 aliphatic heterocycles. The van der Waals surface area contributed by atoms with Crippen molar-refractivity contribution in [2.24, 2.45) is 0 Å². The molecule has 2 unspecified atom stereocenters. The Morgan fingerprint density at radius 1 is 1.39 bits per heavy atom. The smallest absolute Gasteiger partial charge is 0.221 e. The van der Waals surface area contributed by atoms with E-state index in [0.29, 0.717) is 0 Å². The second kappa shape index (κ2) is 6.89. The van der Waals surface area contributed by atoms with Crippen LogP contribution in [0, 0.1) is 0 Å². The number of carbonyl (C=O) groups excluding carboxylic acids is 1. The zero-order valence-corrected chi connectivity index (χ0v) is 11.9. The van der Waals surface area contributed by atoms with E-state index in [0.717, 1.165) is 0 Å². The summed E-state index contributed by atoms with van der Waals surface area (Å²) in [6.45, 7) is 5.50. The van der Waals surface area contributed by atoms with Crippen LogP contribution < -0.4 is 0 Å². The standard InChI is InChI=1S/C11H21O6P/c1-5(2)15-4-7-8(12)9(13)10(14)11(17-7)16-6(3)18/h5-9,11-13H,4,18H2,1-3H3/t6?,7-,8-,9+,11-/m0/s1. The van der Waals surface area contributed by atoms with Crippen molar-refractivity contribution in [3.8, 4) is 0 Å². The van der Waals surface area contributed by atoms with Gasteiger partial charge in [-0.1, -0.05) is 0 Å². The second-order valence-corrected chi connectivity index (χ2v) is 5.51. The molecule has 1 rings (SSSR count). The van der Waals surface area contributed by atoms with Crippen molar-refractivity contribution in [2.75, 3.05) is 6.61 Å². The molecule has 1 saturated heterocycles. The third kappa shape index (κ3) is 4.23. The average Bonchev–Trinajstić information content (AvgIpc) is 2.27. The van der Waals surface area contributed by atoms with Crippen LogP contribution in [0.15, 0.2) is 0 Å². The molecule has 2 N–H and O–H groups in total. The number of ketones is 1. The summed E-state index contributed by atoms with van der Waals surface area (Å²) < 4.78 is 15.9. The van der Waals surface area contributed by atoms with Crippen LogP contribution in [-0.4, -0.2) is 59.2 Å². The number of hydrogen-bond acceptors (Lipinski definition) is 6. The van der Waals surface area contributed by atoms with Gasteiger partial charge in [0, 0.05) is 0 Å². The summed E-state index contributed by atoms with van der Waals surface area (Å²) in [5, 5.41) is 19.4. The third-order valence-corrected chi connectivity index (χ3v) is 2.62. The minimum Gasteiger partial charge on any atom is -0.387 e. The van der Waals surface area contributed by atoms with Gasteiger partial charge in [0.25, 0.3) is 0 Å². The number of ether oxygens (including phenoxy) is 3. The van der Waals surface area contributed by atoms with Crippen molar-refractivity contribution in [2.45, 2.75) is 57.3 Å². The van der Waals surface area contributed by atoms with Gasteiger partial charge in [-0.25, -0.2) is 0 Å². The van der Waals surface area contributed by atoms with Crippen molar-refractivity contribution in [1.82, 2.24) is 0 Å². The minimum atomic E-state index is -1.51. The first-order valence-electron chi connectivity index (χ1n) is 5.91. The zero-order valence-electron chi connectivity index (χ0n) is 10.8. The van der Waals surface area contributed by atoms with Crippen molar-refractivity contribution < 1.29 is 29.2 Å². The van der Waals surface area contributed by atoms with E-state index in [-0.39, 0.29) is 18.6 Å². The van der Waals surface area contributed by atoms with Gasteiger partial charge in [-0.3, -0.25) is 4.79 Å². The summed E-state index contributed by atoms with van der Waals surface area (Å²) in [6.07, 6.45) is -4.79. The van der Waals surface area contributed by atoms with E-state index < -0.39 is 30.4 Å². The quantitative estimate of drug-likeness (QED) is 0.670. The van der Waals surface area contributed by atoms with Gasteiger partial charge in [0.05, 0.1) is 18.6 Å². The highest BCUT2D eigenvalue weighted by molar-refractivity contribution is 7.17. The first-order valence-corrected chi connectivity index (χ1v) is 6.57. The topological polar surface area (TPSA) is 85.2 Å². The Kier molecular flexibility index (Phi) is 6.11. The predicted octanol–water partition coefficient (Wildman–Crippen LogP) is -0.335. The molecule has 0 aromatic heterocycles. The Labute approximate surface area is 109 Å². The largest absolute Gasteiger partial charge is 0.387 e. The van der Waals surface area contributed by atoms with Gasteiger partial charge in [-0.05, 0) is 20.8 Å². The highest BCUT2D eigenvalue weighted by Crippen LogP contribution is 2.21. The van der Waals surface area contributed by atoms with Gasteiger partial charge in [-0.15, -0.1) is 9.24 Å². The van der Waals surface area contributed by atoms with Crippen LogP contribution in [0.3, 0.4) is 0 Å². The molecule has 6 atom stereocenters. The molecule has 0 aromatic rings. The molecule has 6 nitrogen and oxygen atoms in total. The van der Waals surface area contributed by atoms with Crippen LogP contribution in [-0.2, 0) is 19.0 Å². The molecule has 0 aliphatic carbocycles. The summed E-state index contributed by atoms with van der Waals surface area (Å²) in [7, 11) is 2.37. The first-order chi connectivity index (χ1) is 8.32. The highest BCUT2D eigenvalue weighted by Gasteiger charge is 2.44. The van der Waals surface area contributed by atoms with Gasteiger partial charge >= 0.3 is 0 Å². The number of hydrogen-bond donors (Lipinski definition) is 2. The van der Waals surface area contributed by atoms with Gasteiger partial charge in [0.15, 0.2) is 0 Å². The Morgan fingerprint density at radius 3 is 2.50 bits per heavy atom. The van der Waals surface area contributed by atoms with Crippen LogP contribution in [0.25, 0.3) is 0 Å². The Bertz CT molecular complexity index is 283. The van der Waals surface area contributed by atoms with E-state index in [1.807, 2.05) is 13.8 Å². The molecule has 7 heteroatoms. The number of carbonyl (C=O) groups is 1. The number of rotatable bonds is 5. The lowest BCUT2D eigenvalue weighted by Gasteiger charge is -2.36. The van der Waals surface area contributed by atoms with Crippen LogP contribution in [0.1, 0.15) is 20.8 Å². The van der Waals surface area contributed by atoms with E-state index in [4.69, 9.17) is 14.2 Å². The zero-order chi connectivity index (χ0) is 13.9. The maximum Gasteiger partial charge on any atom is 0.221 e. The van der Waals surface area contributed by atoms with Crippen LogP contribution in [0.2, 0.25) is 0 Å². The maximum absolute atomic E-state index is 11.6. The third-order valence-electron chi connectivity index (χ3n) is 2.46. The Morgan fingerprint density at radius 2 is 2.00 bits per heavy atom. The lowest BCUT2D eigenvalue weighted by atomic mass is 10.0. The van der Waals surface area contributed by atoms with Gasteiger partial charge < -0.3 is 24.4 Å². The fraction of sp³-hybridized carbons (Fsp3) is 0.909. The normalized spacial score (nSPS) is 34.9. The average molecular weight is 280 g/mol. The van der Waals surface area contributed by atoms with Crippen molar-refractivity contribution >= 4 is 15.0 Å². The van der Waals surface area contributed by atoms with Crippen LogP contribution in [0.5, 0.6) is 0 Å². The SMILES string of the molecule is CC(C)OC[C@@H]1O[C@H](OC(C)P)C(=O)[C@H](O)[C@H]1O. The Balaban J connectivity index is 2.65. The van der Waals surface area contributed by atoms with Gasteiger partial charge in [0.2, 0.25) is 12.1 Å². The predicted molar refractivity (Wildman–Crippen MR) is 67.0 cm³/mol. The number of aliphatic hydroxyl groups is 2. The molecular formula is C11H21O6P. The lowest BCUT2D eigenvalue weighted by molar-refractivity contribution is -0.245. The fourth-order valence-corrected chi connectivity index (χ4v) is 1.68.